The van der Waals surface area contributed by atoms with Crippen LogP contribution in [0.3, 0.4) is 0 Å². The van der Waals surface area contributed by atoms with Crippen molar-refractivity contribution in [3.8, 4) is 11.5 Å². The Kier molecular flexibility index (Phi) is 9.47. The minimum Gasteiger partial charge on any atom is -0.454 e. The molecule has 154 valence electrons. The van der Waals surface area contributed by atoms with E-state index >= 15 is 0 Å². The van der Waals surface area contributed by atoms with Crippen LogP contribution in [0.5, 0.6) is 11.5 Å². The fraction of sp³-hybridized carbons (Fsp3) is 0.455. The molecule has 2 aromatic carbocycles. The zero-order chi connectivity index (χ0) is 20.4. The molecule has 6 heteroatoms. The van der Waals surface area contributed by atoms with Crippen molar-refractivity contribution in [3.05, 3.63) is 48.0 Å². The summed E-state index contributed by atoms with van der Waals surface area (Å²) >= 11 is 0. The molecule has 0 aliphatic heterocycles. The van der Waals surface area contributed by atoms with Gasteiger partial charge in [-0.25, -0.2) is 9.35 Å². The number of nitrogens with two attached hydrogens (primary N) is 1. The van der Waals surface area contributed by atoms with E-state index in [1.165, 1.54) is 0 Å². The highest BCUT2D eigenvalue weighted by molar-refractivity contribution is 7.82. The predicted molar refractivity (Wildman–Crippen MR) is 118 cm³/mol. The van der Waals surface area contributed by atoms with Crippen molar-refractivity contribution in [3.63, 3.8) is 0 Å². The SMILES string of the molecule is CCCCN(CCCC)c1cc(CNC)cc(S(N)=O)c1Oc1ccccc1. The lowest BCUT2D eigenvalue weighted by molar-refractivity contribution is 0.467. The van der Waals surface area contributed by atoms with Gasteiger partial charge < -0.3 is 15.0 Å². The number of para-hydroxylation sites is 1. The molecule has 1 unspecified atom stereocenters. The molecule has 0 bridgehead atoms. The number of nitrogens with zero attached hydrogens (tertiary/aromatic N) is 1. The quantitative estimate of drug-likeness (QED) is 0.544. The second-order valence-corrected chi connectivity index (χ2v) is 7.91. The van der Waals surface area contributed by atoms with Crippen LogP contribution in [-0.4, -0.2) is 24.3 Å². The molecule has 0 spiro atoms. The summed E-state index contributed by atoms with van der Waals surface area (Å²) in [6, 6.07) is 13.6. The third-order valence-corrected chi connectivity index (χ3v) is 5.30. The lowest BCUT2D eigenvalue weighted by Crippen LogP contribution is -2.27. The molecule has 0 aliphatic carbocycles. The maximum Gasteiger partial charge on any atom is 0.168 e. The van der Waals surface area contributed by atoms with Crippen LogP contribution < -0.4 is 20.1 Å². The van der Waals surface area contributed by atoms with Crippen molar-refractivity contribution >= 4 is 16.7 Å². The Labute approximate surface area is 171 Å². The number of unbranched alkanes of at least 4 members (excludes halogenated alkanes) is 2. The Hall–Kier alpha value is -1.89. The van der Waals surface area contributed by atoms with E-state index < -0.39 is 11.0 Å². The highest BCUT2D eigenvalue weighted by Crippen LogP contribution is 2.39. The van der Waals surface area contributed by atoms with E-state index in [-0.39, 0.29) is 0 Å². The van der Waals surface area contributed by atoms with Crippen molar-refractivity contribution in [2.45, 2.75) is 51.0 Å². The smallest absolute Gasteiger partial charge is 0.168 e. The second-order valence-electron chi connectivity index (χ2n) is 6.88. The normalized spacial score (nSPS) is 12.0. The first-order valence-corrected chi connectivity index (χ1v) is 11.3. The number of benzene rings is 2. The molecule has 0 heterocycles. The van der Waals surface area contributed by atoms with Crippen molar-refractivity contribution in [2.75, 3.05) is 25.0 Å². The highest BCUT2D eigenvalue weighted by Gasteiger charge is 2.21. The van der Waals surface area contributed by atoms with E-state index in [1.54, 1.807) is 0 Å². The Bertz CT molecular complexity index is 745. The number of ether oxygens (including phenoxy) is 1. The van der Waals surface area contributed by atoms with E-state index in [0.29, 0.717) is 22.9 Å². The highest BCUT2D eigenvalue weighted by atomic mass is 32.2. The second kappa shape index (κ2) is 11.8. The van der Waals surface area contributed by atoms with Crippen LogP contribution in [0.1, 0.15) is 45.1 Å². The summed E-state index contributed by atoms with van der Waals surface area (Å²) < 4.78 is 18.6. The van der Waals surface area contributed by atoms with E-state index in [1.807, 2.05) is 43.4 Å². The fourth-order valence-corrected chi connectivity index (χ4v) is 3.69. The Morgan fingerprint density at radius 3 is 2.25 bits per heavy atom. The van der Waals surface area contributed by atoms with Crippen LogP contribution >= 0.6 is 0 Å². The first-order valence-electron chi connectivity index (χ1n) is 10.1. The van der Waals surface area contributed by atoms with E-state index in [9.17, 15) is 4.21 Å². The topological polar surface area (TPSA) is 67.6 Å². The summed E-state index contributed by atoms with van der Waals surface area (Å²) in [6.45, 7) is 6.93. The first kappa shape index (κ1) is 22.4. The molecule has 0 saturated carbocycles. The van der Waals surface area contributed by atoms with Gasteiger partial charge in [0.2, 0.25) is 0 Å². The molecule has 5 nitrogen and oxygen atoms in total. The van der Waals surface area contributed by atoms with Crippen molar-refractivity contribution in [1.29, 1.82) is 0 Å². The summed E-state index contributed by atoms with van der Waals surface area (Å²) in [7, 11) is 0.256. The third-order valence-electron chi connectivity index (χ3n) is 4.56. The van der Waals surface area contributed by atoms with Gasteiger partial charge in [-0.05, 0) is 49.7 Å². The van der Waals surface area contributed by atoms with E-state index in [4.69, 9.17) is 9.88 Å². The van der Waals surface area contributed by atoms with Gasteiger partial charge in [-0.15, -0.1) is 0 Å². The Morgan fingerprint density at radius 1 is 1.07 bits per heavy atom. The van der Waals surface area contributed by atoms with Crippen LogP contribution in [0.2, 0.25) is 0 Å². The average Bonchev–Trinajstić information content (AvgIpc) is 2.70. The number of nitrogens with one attached hydrogen (secondary N) is 1. The zero-order valence-electron chi connectivity index (χ0n) is 17.2. The molecule has 2 aromatic rings. The molecule has 0 saturated heterocycles. The molecule has 3 N–H and O–H groups in total. The Balaban J connectivity index is 2.57. The van der Waals surface area contributed by atoms with Gasteiger partial charge in [-0.1, -0.05) is 44.9 Å². The predicted octanol–water partition coefficient (Wildman–Crippen LogP) is 4.59. The van der Waals surface area contributed by atoms with Gasteiger partial charge in [0.1, 0.15) is 16.7 Å². The van der Waals surface area contributed by atoms with Crippen LogP contribution in [0.25, 0.3) is 0 Å². The van der Waals surface area contributed by atoms with Crippen LogP contribution in [0.15, 0.2) is 47.4 Å². The van der Waals surface area contributed by atoms with Gasteiger partial charge in [0.05, 0.1) is 10.6 Å². The molecule has 0 aromatic heterocycles. The lowest BCUT2D eigenvalue weighted by Gasteiger charge is -2.28. The summed E-state index contributed by atoms with van der Waals surface area (Å²) in [4.78, 5) is 2.88. The van der Waals surface area contributed by atoms with Gasteiger partial charge >= 0.3 is 0 Å². The standard InChI is InChI=1S/C22H33N3O2S/c1-4-6-13-25(14-7-5-2)20-15-18(17-24-3)16-21(28(23)26)22(20)27-19-11-9-8-10-12-19/h8-12,15-16,24H,4-7,13-14,17,23H2,1-3H3. The minimum atomic E-state index is -1.65. The maximum absolute atomic E-state index is 12.4. The number of rotatable bonds is 12. The monoisotopic (exact) mass is 403 g/mol. The Morgan fingerprint density at radius 2 is 1.71 bits per heavy atom. The zero-order valence-corrected chi connectivity index (χ0v) is 18.1. The van der Waals surface area contributed by atoms with Crippen LogP contribution in [-0.2, 0) is 17.5 Å². The van der Waals surface area contributed by atoms with Gasteiger partial charge in [-0.3, -0.25) is 0 Å². The van der Waals surface area contributed by atoms with Crippen LogP contribution in [0.4, 0.5) is 5.69 Å². The number of hydrogen-bond acceptors (Lipinski definition) is 4. The summed E-state index contributed by atoms with van der Waals surface area (Å²) in [5, 5.41) is 9.03. The molecule has 1 atom stereocenters. The molecule has 0 radical (unpaired) electrons. The summed E-state index contributed by atoms with van der Waals surface area (Å²) in [5.74, 6) is 1.31. The molecule has 0 aliphatic rings. The fourth-order valence-electron chi connectivity index (χ4n) is 3.09. The van der Waals surface area contributed by atoms with E-state index in [0.717, 1.165) is 50.0 Å². The van der Waals surface area contributed by atoms with Gasteiger partial charge in [-0.2, -0.15) is 0 Å². The van der Waals surface area contributed by atoms with Gasteiger partial charge in [0.15, 0.2) is 5.75 Å². The molecule has 28 heavy (non-hydrogen) atoms. The first-order chi connectivity index (χ1) is 13.6. The summed E-state index contributed by atoms with van der Waals surface area (Å²) in [6.07, 6.45) is 4.41. The molecular weight excluding hydrogens is 370 g/mol. The molecule has 0 amide bonds. The maximum atomic E-state index is 12.4. The van der Waals surface area contributed by atoms with Gasteiger partial charge in [0, 0.05) is 19.6 Å². The molecule has 2 rings (SSSR count). The van der Waals surface area contributed by atoms with Crippen molar-refractivity contribution in [2.24, 2.45) is 5.14 Å². The molecular formula is C22H33N3O2S. The lowest BCUT2D eigenvalue weighted by atomic mass is 10.1. The van der Waals surface area contributed by atoms with Crippen molar-refractivity contribution < 1.29 is 8.95 Å². The summed E-state index contributed by atoms with van der Waals surface area (Å²) in [5.41, 5.74) is 2.01. The van der Waals surface area contributed by atoms with E-state index in [2.05, 4.69) is 30.1 Å². The number of hydrogen-bond donors (Lipinski definition) is 2. The minimum absolute atomic E-state index is 0.532. The average molecular weight is 404 g/mol. The van der Waals surface area contributed by atoms with Crippen LogP contribution in [0, 0.1) is 0 Å². The number of anilines is 1. The van der Waals surface area contributed by atoms with Gasteiger partial charge in [0.25, 0.3) is 0 Å². The molecule has 0 fully saturated rings. The largest absolute Gasteiger partial charge is 0.454 e. The third kappa shape index (κ3) is 6.33. The van der Waals surface area contributed by atoms with Crippen molar-refractivity contribution in [1.82, 2.24) is 5.32 Å².